The van der Waals surface area contributed by atoms with Crippen molar-refractivity contribution in [2.24, 2.45) is 4.99 Å². The molecule has 1 N–H and O–H groups in total. The first-order valence-corrected chi connectivity index (χ1v) is 8.48. The number of carbonyl (C=O) groups is 1. The first kappa shape index (κ1) is 17.4. The van der Waals surface area contributed by atoms with Gasteiger partial charge in [-0.25, -0.2) is 0 Å². The maximum atomic E-state index is 12.8. The molecule has 0 aliphatic rings. The van der Waals surface area contributed by atoms with Crippen LogP contribution in [-0.4, -0.2) is 23.8 Å². The molecule has 1 amide bonds. The second-order valence-corrected chi connectivity index (χ2v) is 5.75. The average molecular weight is 344 g/mol. The molecule has 0 aromatic heterocycles. The van der Waals surface area contributed by atoms with Gasteiger partial charge in [-0.15, -0.1) is 0 Å². The van der Waals surface area contributed by atoms with Crippen LogP contribution in [0.1, 0.15) is 22.8 Å². The summed E-state index contributed by atoms with van der Waals surface area (Å²) < 4.78 is 0. The van der Waals surface area contributed by atoms with Gasteiger partial charge in [-0.1, -0.05) is 30.3 Å². The standard InChI is InChI=1S/C22H20N2O2/c1-2-24(20-9-4-3-5-10-20)22(26)17-12-14-19(15-13-17)23-16-18-8-6-7-11-21(18)25/h3-16,25H,2H2,1H3. The van der Waals surface area contributed by atoms with E-state index in [9.17, 15) is 9.90 Å². The van der Waals surface area contributed by atoms with Gasteiger partial charge in [-0.3, -0.25) is 9.79 Å². The third kappa shape index (κ3) is 3.98. The molecule has 26 heavy (non-hydrogen) atoms. The number of anilines is 1. The number of benzene rings is 3. The molecule has 0 spiro atoms. The molecular weight excluding hydrogens is 324 g/mol. The number of aliphatic imine (C=N–C) groups is 1. The molecule has 0 heterocycles. The van der Waals surface area contributed by atoms with E-state index in [0.29, 0.717) is 23.4 Å². The highest BCUT2D eigenvalue weighted by Gasteiger charge is 2.15. The predicted molar refractivity (Wildman–Crippen MR) is 106 cm³/mol. The van der Waals surface area contributed by atoms with Gasteiger partial charge in [0.05, 0.1) is 5.69 Å². The molecule has 130 valence electrons. The third-order valence-electron chi connectivity index (χ3n) is 4.03. The summed E-state index contributed by atoms with van der Waals surface area (Å²) in [5.74, 6) is 0.138. The van der Waals surface area contributed by atoms with E-state index < -0.39 is 0 Å². The number of aromatic hydroxyl groups is 1. The maximum Gasteiger partial charge on any atom is 0.258 e. The van der Waals surface area contributed by atoms with Crippen molar-refractivity contribution < 1.29 is 9.90 Å². The van der Waals surface area contributed by atoms with Crippen LogP contribution in [0.5, 0.6) is 5.75 Å². The molecule has 0 aliphatic carbocycles. The van der Waals surface area contributed by atoms with Crippen LogP contribution in [0.25, 0.3) is 0 Å². The lowest BCUT2D eigenvalue weighted by Crippen LogP contribution is -2.30. The fourth-order valence-corrected chi connectivity index (χ4v) is 2.64. The fourth-order valence-electron chi connectivity index (χ4n) is 2.64. The lowest BCUT2D eigenvalue weighted by Gasteiger charge is -2.21. The van der Waals surface area contributed by atoms with E-state index in [4.69, 9.17) is 0 Å². The number of amides is 1. The van der Waals surface area contributed by atoms with Crippen molar-refractivity contribution in [1.29, 1.82) is 0 Å². The van der Waals surface area contributed by atoms with Gasteiger partial charge < -0.3 is 10.0 Å². The van der Waals surface area contributed by atoms with Crippen LogP contribution in [0.3, 0.4) is 0 Å². The predicted octanol–water partition coefficient (Wildman–Crippen LogP) is 4.81. The van der Waals surface area contributed by atoms with Crippen LogP contribution in [0, 0.1) is 0 Å². The number of carbonyl (C=O) groups excluding carboxylic acids is 1. The Morgan fingerprint density at radius 3 is 2.27 bits per heavy atom. The molecular formula is C22H20N2O2. The summed E-state index contributed by atoms with van der Waals surface area (Å²) in [6, 6.07) is 23.7. The number of phenolic OH excluding ortho intramolecular Hbond substituents is 1. The number of nitrogens with zero attached hydrogens (tertiary/aromatic N) is 2. The van der Waals surface area contributed by atoms with Crippen LogP contribution in [0.4, 0.5) is 11.4 Å². The van der Waals surface area contributed by atoms with Gasteiger partial charge in [-0.2, -0.15) is 0 Å². The van der Waals surface area contributed by atoms with Gasteiger partial charge in [0, 0.05) is 29.6 Å². The third-order valence-corrected chi connectivity index (χ3v) is 4.03. The lowest BCUT2D eigenvalue weighted by molar-refractivity contribution is 0.0988. The molecule has 0 aliphatic heterocycles. The van der Waals surface area contributed by atoms with Crippen LogP contribution >= 0.6 is 0 Å². The topological polar surface area (TPSA) is 52.9 Å². The number of hydrogen-bond acceptors (Lipinski definition) is 3. The zero-order valence-electron chi connectivity index (χ0n) is 14.5. The van der Waals surface area contributed by atoms with Gasteiger partial charge >= 0.3 is 0 Å². The minimum absolute atomic E-state index is 0.0464. The molecule has 0 atom stereocenters. The summed E-state index contributed by atoms with van der Waals surface area (Å²) in [6.07, 6.45) is 1.61. The number of phenols is 1. The Labute approximate surface area is 153 Å². The molecule has 3 aromatic rings. The monoisotopic (exact) mass is 344 g/mol. The molecule has 0 fully saturated rings. The Hall–Kier alpha value is -3.40. The van der Waals surface area contributed by atoms with Gasteiger partial charge in [0.25, 0.3) is 5.91 Å². The Bertz CT molecular complexity index is 903. The Balaban J connectivity index is 1.76. The first-order chi connectivity index (χ1) is 12.7. The van der Waals surface area contributed by atoms with E-state index in [1.54, 1.807) is 53.6 Å². The summed E-state index contributed by atoms with van der Waals surface area (Å²) in [5.41, 5.74) is 2.85. The molecule has 3 aromatic carbocycles. The summed E-state index contributed by atoms with van der Waals surface area (Å²) in [7, 11) is 0. The highest BCUT2D eigenvalue weighted by atomic mass is 16.3. The molecule has 0 radical (unpaired) electrons. The maximum absolute atomic E-state index is 12.8. The van der Waals surface area contributed by atoms with Crippen LogP contribution < -0.4 is 4.90 Å². The highest BCUT2D eigenvalue weighted by molar-refractivity contribution is 6.06. The van der Waals surface area contributed by atoms with E-state index in [2.05, 4.69) is 4.99 Å². The fraction of sp³-hybridized carbons (Fsp3) is 0.0909. The van der Waals surface area contributed by atoms with Crippen molar-refractivity contribution in [3.05, 3.63) is 90.0 Å². The summed E-state index contributed by atoms with van der Waals surface area (Å²) in [6.45, 7) is 2.55. The second-order valence-electron chi connectivity index (χ2n) is 5.75. The van der Waals surface area contributed by atoms with E-state index in [0.717, 1.165) is 5.69 Å². The summed E-state index contributed by atoms with van der Waals surface area (Å²) in [5, 5.41) is 9.76. The number of hydrogen-bond donors (Lipinski definition) is 1. The van der Waals surface area contributed by atoms with Crippen molar-refractivity contribution in [3.63, 3.8) is 0 Å². The van der Waals surface area contributed by atoms with Crippen LogP contribution in [0.15, 0.2) is 83.9 Å². The Morgan fingerprint density at radius 2 is 1.62 bits per heavy atom. The molecule has 3 rings (SSSR count). The molecule has 4 nitrogen and oxygen atoms in total. The summed E-state index contributed by atoms with van der Waals surface area (Å²) in [4.78, 5) is 18.9. The van der Waals surface area contributed by atoms with E-state index in [1.807, 2.05) is 43.3 Å². The van der Waals surface area contributed by atoms with Gasteiger partial charge in [0.2, 0.25) is 0 Å². The lowest BCUT2D eigenvalue weighted by atomic mass is 10.1. The molecule has 4 heteroatoms. The van der Waals surface area contributed by atoms with E-state index in [1.165, 1.54) is 0 Å². The van der Waals surface area contributed by atoms with Crippen molar-refractivity contribution in [3.8, 4) is 5.75 Å². The number of para-hydroxylation sites is 2. The smallest absolute Gasteiger partial charge is 0.258 e. The van der Waals surface area contributed by atoms with Crippen molar-refractivity contribution in [2.75, 3.05) is 11.4 Å². The van der Waals surface area contributed by atoms with Crippen LogP contribution in [0.2, 0.25) is 0 Å². The van der Waals surface area contributed by atoms with Crippen LogP contribution in [-0.2, 0) is 0 Å². The van der Waals surface area contributed by atoms with E-state index in [-0.39, 0.29) is 11.7 Å². The SMILES string of the molecule is CCN(C(=O)c1ccc(N=Cc2ccccc2O)cc1)c1ccccc1. The van der Waals surface area contributed by atoms with Crippen molar-refractivity contribution in [1.82, 2.24) is 0 Å². The quantitative estimate of drug-likeness (QED) is 0.675. The minimum Gasteiger partial charge on any atom is -0.507 e. The number of rotatable bonds is 5. The summed E-state index contributed by atoms with van der Waals surface area (Å²) >= 11 is 0. The van der Waals surface area contributed by atoms with Crippen molar-refractivity contribution >= 4 is 23.5 Å². The molecule has 0 bridgehead atoms. The normalized spacial score (nSPS) is 10.8. The molecule has 0 saturated heterocycles. The van der Waals surface area contributed by atoms with Crippen molar-refractivity contribution in [2.45, 2.75) is 6.92 Å². The zero-order valence-corrected chi connectivity index (χ0v) is 14.5. The van der Waals surface area contributed by atoms with Gasteiger partial charge in [0.1, 0.15) is 5.75 Å². The first-order valence-electron chi connectivity index (χ1n) is 8.48. The Kier molecular flexibility index (Phi) is 5.44. The molecule has 0 unspecified atom stereocenters. The van der Waals surface area contributed by atoms with Gasteiger partial charge in [0.15, 0.2) is 0 Å². The second kappa shape index (κ2) is 8.12. The Morgan fingerprint density at radius 1 is 0.962 bits per heavy atom. The van der Waals surface area contributed by atoms with Gasteiger partial charge in [-0.05, 0) is 55.5 Å². The average Bonchev–Trinajstić information content (AvgIpc) is 2.69. The molecule has 0 saturated carbocycles. The largest absolute Gasteiger partial charge is 0.507 e. The highest BCUT2D eigenvalue weighted by Crippen LogP contribution is 2.20. The minimum atomic E-state index is -0.0464. The van der Waals surface area contributed by atoms with E-state index >= 15 is 0 Å². The zero-order chi connectivity index (χ0) is 18.4.